The Morgan fingerprint density at radius 2 is 1.37 bits per heavy atom. The van der Waals surface area contributed by atoms with E-state index in [0.717, 1.165) is 38.5 Å². The molecule has 10 atom stereocenters. The average Bonchev–Trinajstić information content (AvgIpc) is 3.44. The number of esters is 3. The zero-order valence-electron chi connectivity index (χ0n) is 15.0. The van der Waals surface area contributed by atoms with Crippen LogP contribution < -0.4 is 0 Å². The van der Waals surface area contributed by atoms with E-state index in [9.17, 15) is 19.2 Å². The van der Waals surface area contributed by atoms with E-state index in [0.29, 0.717) is 24.2 Å². The molecule has 0 amide bonds. The second kappa shape index (κ2) is 4.31. The van der Waals surface area contributed by atoms with Crippen molar-refractivity contribution in [2.45, 2.75) is 38.5 Å². The van der Waals surface area contributed by atoms with Crippen molar-refractivity contribution < 1.29 is 28.7 Å². The Kier molecular flexibility index (Phi) is 2.43. The fourth-order valence-corrected chi connectivity index (χ4v) is 9.23. The number of carbonyl (C=O) groups excluding carboxylic acids is 4. The van der Waals surface area contributed by atoms with Crippen molar-refractivity contribution in [3.63, 3.8) is 0 Å². The Balaban J connectivity index is 1.27. The SMILES string of the molecule is O=C1OC(=O)C2C1C1CC2C2(CCC3(CC4CC3C3C(=O)OCC43)C2=O)C1. The van der Waals surface area contributed by atoms with Crippen molar-refractivity contribution in [1.82, 2.24) is 0 Å². The molecule has 142 valence electrons. The lowest BCUT2D eigenvalue weighted by atomic mass is 9.58. The summed E-state index contributed by atoms with van der Waals surface area (Å²) in [5, 5.41) is 0. The molecule has 5 saturated carbocycles. The standard InChI is InChI=1S/C21H22O6/c22-16-14-10(7-26-16)8-3-11(14)20(5-8)1-2-21(19(20)25)6-9-4-12(21)15-13(9)17(23)27-18(15)24/h8-15H,1-7H2. The maximum atomic E-state index is 14.0. The Labute approximate surface area is 156 Å². The lowest BCUT2D eigenvalue weighted by Crippen LogP contribution is -2.48. The Hall–Kier alpha value is -1.72. The fraction of sp³-hybridized carbons (Fsp3) is 0.810. The molecule has 0 N–H and O–H groups in total. The molecular formula is C21H22O6. The fourth-order valence-electron chi connectivity index (χ4n) is 9.23. The van der Waals surface area contributed by atoms with Crippen LogP contribution >= 0.6 is 0 Å². The van der Waals surface area contributed by atoms with Gasteiger partial charge in [0, 0.05) is 16.7 Å². The summed E-state index contributed by atoms with van der Waals surface area (Å²) in [6.07, 6.45) is 5.07. The summed E-state index contributed by atoms with van der Waals surface area (Å²) in [7, 11) is 0. The van der Waals surface area contributed by atoms with Gasteiger partial charge in [-0.1, -0.05) is 0 Å². The van der Waals surface area contributed by atoms with Gasteiger partial charge in [-0.2, -0.15) is 0 Å². The molecule has 10 unspecified atom stereocenters. The van der Waals surface area contributed by atoms with Crippen molar-refractivity contribution in [3.8, 4) is 0 Å². The van der Waals surface area contributed by atoms with Crippen LogP contribution in [-0.2, 0) is 28.7 Å². The van der Waals surface area contributed by atoms with E-state index in [1.807, 2.05) is 0 Å². The molecule has 7 rings (SSSR count). The molecule has 6 heteroatoms. The molecule has 6 nitrogen and oxygen atoms in total. The van der Waals surface area contributed by atoms with Crippen LogP contribution in [0.15, 0.2) is 0 Å². The molecule has 2 spiro atoms. The van der Waals surface area contributed by atoms with Crippen LogP contribution in [0.25, 0.3) is 0 Å². The van der Waals surface area contributed by atoms with Crippen molar-refractivity contribution in [2.24, 2.45) is 58.2 Å². The van der Waals surface area contributed by atoms with Gasteiger partial charge in [0.25, 0.3) is 0 Å². The maximum Gasteiger partial charge on any atom is 0.317 e. The van der Waals surface area contributed by atoms with Gasteiger partial charge in [0.2, 0.25) is 0 Å². The molecule has 7 aliphatic rings. The van der Waals surface area contributed by atoms with Gasteiger partial charge in [-0.25, -0.2) is 0 Å². The number of carbonyl (C=O) groups is 4. The number of Topliss-reactive ketones (excluding diaryl/α,β-unsaturated/α-hetero) is 1. The third kappa shape index (κ3) is 1.42. The highest BCUT2D eigenvalue weighted by molar-refractivity contribution is 6.01. The van der Waals surface area contributed by atoms with Crippen LogP contribution in [0.1, 0.15) is 38.5 Å². The molecule has 0 radical (unpaired) electrons. The highest BCUT2D eigenvalue weighted by atomic mass is 16.6. The first-order valence-electron chi connectivity index (χ1n) is 10.4. The van der Waals surface area contributed by atoms with Gasteiger partial charge >= 0.3 is 17.9 Å². The Bertz CT molecular complexity index is 848. The van der Waals surface area contributed by atoms with E-state index in [1.54, 1.807) is 0 Å². The van der Waals surface area contributed by atoms with Crippen LogP contribution in [0.5, 0.6) is 0 Å². The monoisotopic (exact) mass is 370 g/mol. The van der Waals surface area contributed by atoms with E-state index in [2.05, 4.69) is 0 Å². The minimum Gasteiger partial charge on any atom is -0.465 e. The number of fused-ring (bicyclic) bond motifs is 12. The van der Waals surface area contributed by atoms with Crippen molar-refractivity contribution in [2.75, 3.05) is 6.61 Å². The average molecular weight is 370 g/mol. The third-order valence-electron chi connectivity index (χ3n) is 9.97. The third-order valence-corrected chi connectivity index (χ3v) is 9.97. The van der Waals surface area contributed by atoms with Crippen LogP contribution in [0.4, 0.5) is 0 Å². The topological polar surface area (TPSA) is 86.7 Å². The quantitative estimate of drug-likeness (QED) is 0.474. The molecule has 4 bridgehead atoms. The van der Waals surface area contributed by atoms with Crippen LogP contribution in [0.3, 0.4) is 0 Å². The first kappa shape index (κ1) is 15.2. The zero-order valence-corrected chi connectivity index (χ0v) is 15.0. The summed E-state index contributed by atoms with van der Waals surface area (Å²) in [4.78, 5) is 50.7. The van der Waals surface area contributed by atoms with Gasteiger partial charge in [0.1, 0.15) is 5.78 Å². The van der Waals surface area contributed by atoms with Gasteiger partial charge in [0.15, 0.2) is 0 Å². The molecule has 0 aromatic carbocycles. The Morgan fingerprint density at radius 3 is 2.15 bits per heavy atom. The first-order valence-corrected chi connectivity index (χ1v) is 10.4. The lowest BCUT2D eigenvalue weighted by molar-refractivity contribution is -0.155. The normalized spacial score (nSPS) is 59.3. The van der Waals surface area contributed by atoms with Gasteiger partial charge in [0.05, 0.1) is 24.4 Å². The van der Waals surface area contributed by atoms with E-state index < -0.39 is 17.3 Å². The predicted molar refractivity (Wildman–Crippen MR) is 87.6 cm³/mol. The highest BCUT2D eigenvalue weighted by Gasteiger charge is 2.77. The molecule has 2 heterocycles. The summed E-state index contributed by atoms with van der Waals surface area (Å²) < 4.78 is 10.3. The molecule has 0 aromatic heterocycles. The molecule has 7 fully saturated rings. The predicted octanol–water partition coefficient (Wildman–Crippen LogP) is 1.51. The minimum absolute atomic E-state index is 0.0382. The molecule has 2 aliphatic heterocycles. The van der Waals surface area contributed by atoms with E-state index in [4.69, 9.17) is 9.47 Å². The molecule has 2 saturated heterocycles. The van der Waals surface area contributed by atoms with Gasteiger partial charge < -0.3 is 9.47 Å². The number of hydrogen-bond acceptors (Lipinski definition) is 6. The largest absolute Gasteiger partial charge is 0.465 e. The maximum absolute atomic E-state index is 14.0. The lowest BCUT2D eigenvalue weighted by Gasteiger charge is -2.41. The van der Waals surface area contributed by atoms with E-state index >= 15 is 0 Å². The molecular weight excluding hydrogens is 348 g/mol. The Morgan fingerprint density at radius 1 is 0.741 bits per heavy atom. The van der Waals surface area contributed by atoms with Crippen LogP contribution in [-0.4, -0.2) is 30.3 Å². The second-order valence-electron chi connectivity index (χ2n) is 10.4. The minimum atomic E-state index is -0.460. The first-order chi connectivity index (χ1) is 13.0. The smallest absolute Gasteiger partial charge is 0.317 e. The summed E-state index contributed by atoms with van der Waals surface area (Å²) in [5.74, 6) is -0.430. The molecule has 5 aliphatic carbocycles. The summed E-state index contributed by atoms with van der Waals surface area (Å²) in [6, 6.07) is 0. The van der Waals surface area contributed by atoms with Crippen LogP contribution in [0, 0.1) is 58.2 Å². The number of cyclic esters (lactones) is 3. The molecule has 27 heavy (non-hydrogen) atoms. The van der Waals surface area contributed by atoms with Crippen molar-refractivity contribution in [1.29, 1.82) is 0 Å². The zero-order chi connectivity index (χ0) is 18.3. The number of ketones is 1. The summed E-state index contributed by atoms with van der Waals surface area (Å²) >= 11 is 0. The number of hydrogen-bond donors (Lipinski definition) is 0. The van der Waals surface area contributed by atoms with Gasteiger partial charge in [-0.05, 0) is 62.2 Å². The molecule has 0 aromatic rings. The van der Waals surface area contributed by atoms with Gasteiger partial charge in [-0.3, -0.25) is 19.2 Å². The highest BCUT2D eigenvalue weighted by Crippen LogP contribution is 2.75. The van der Waals surface area contributed by atoms with Gasteiger partial charge in [-0.15, -0.1) is 0 Å². The van der Waals surface area contributed by atoms with Crippen molar-refractivity contribution in [3.05, 3.63) is 0 Å². The van der Waals surface area contributed by atoms with E-state index in [-0.39, 0.29) is 46.9 Å². The van der Waals surface area contributed by atoms with Crippen LogP contribution in [0.2, 0.25) is 0 Å². The second-order valence-corrected chi connectivity index (χ2v) is 10.4. The summed E-state index contributed by atoms with van der Waals surface area (Å²) in [5.41, 5.74) is -0.848. The van der Waals surface area contributed by atoms with E-state index in [1.165, 1.54) is 0 Å². The number of rotatable bonds is 0. The summed E-state index contributed by atoms with van der Waals surface area (Å²) in [6.45, 7) is 0.530. The van der Waals surface area contributed by atoms with Crippen molar-refractivity contribution >= 4 is 23.7 Å². The number of ether oxygens (including phenoxy) is 2.